The van der Waals surface area contributed by atoms with E-state index in [1.807, 2.05) is 24.3 Å². The van der Waals surface area contributed by atoms with E-state index in [0.717, 1.165) is 10.0 Å². The van der Waals surface area contributed by atoms with Gasteiger partial charge in [-0.2, -0.15) is 0 Å². The summed E-state index contributed by atoms with van der Waals surface area (Å²) in [5.41, 5.74) is -0.256. The van der Waals surface area contributed by atoms with Crippen molar-refractivity contribution in [3.05, 3.63) is 34.3 Å². The predicted molar refractivity (Wildman–Crippen MR) is 60.9 cm³/mol. The van der Waals surface area contributed by atoms with Gasteiger partial charge in [0, 0.05) is 18.0 Å². The molecule has 15 heavy (non-hydrogen) atoms. The number of carboxylic acids is 1. The maximum absolute atomic E-state index is 11.0. The van der Waals surface area contributed by atoms with Crippen LogP contribution in [0.15, 0.2) is 28.7 Å². The lowest BCUT2D eigenvalue weighted by atomic mass is 9.96. The molecule has 0 amide bonds. The highest BCUT2D eigenvalue weighted by Crippen LogP contribution is 2.23. The summed E-state index contributed by atoms with van der Waals surface area (Å²) in [5.74, 6) is -0.958. The summed E-state index contributed by atoms with van der Waals surface area (Å²) in [6.07, 6.45) is 0.334. The van der Waals surface area contributed by atoms with Gasteiger partial charge in [0.25, 0.3) is 0 Å². The van der Waals surface area contributed by atoms with Gasteiger partial charge in [-0.3, -0.25) is 0 Å². The third-order valence-corrected chi connectivity index (χ3v) is 3.16. The molecule has 1 N–H and O–H groups in total. The average molecular weight is 273 g/mol. The van der Waals surface area contributed by atoms with E-state index in [1.54, 1.807) is 6.92 Å². The molecule has 0 heterocycles. The molecular formula is C11H13BrO3. The Morgan fingerprint density at radius 2 is 2.13 bits per heavy atom. The average Bonchev–Trinajstić information content (AvgIpc) is 2.21. The number of hydrogen-bond donors (Lipinski definition) is 1. The molecule has 4 heteroatoms. The summed E-state index contributed by atoms with van der Waals surface area (Å²) in [5, 5.41) is 9.04. The van der Waals surface area contributed by atoms with Gasteiger partial charge in [0.2, 0.25) is 0 Å². The van der Waals surface area contributed by atoms with E-state index in [2.05, 4.69) is 15.9 Å². The maximum atomic E-state index is 11.0. The highest BCUT2D eigenvalue weighted by atomic mass is 79.9. The van der Waals surface area contributed by atoms with Gasteiger partial charge in [-0.1, -0.05) is 34.1 Å². The molecule has 1 aromatic rings. The third kappa shape index (κ3) is 2.79. The van der Waals surface area contributed by atoms with E-state index >= 15 is 0 Å². The summed E-state index contributed by atoms with van der Waals surface area (Å²) in [7, 11) is 1.41. The van der Waals surface area contributed by atoms with Crippen molar-refractivity contribution in [1.29, 1.82) is 0 Å². The van der Waals surface area contributed by atoms with Crippen LogP contribution in [0.1, 0.15) is 12.5 Å². The molecule has 1 unspecified atom stereocenters. The zero-order valence-electron chi connectivity index (χ0n) is 8.66. The van der Waals surface area contributed by atoms with Gasteiger partial charge in [0.05, 0.1) is 0 Å². The van der Waals surface area contributed by atoms with Crippen LogP contribution in [0, 0.1) is 0 Å². The predicted octanol–water partition coefficient (Wildman–Crippen LogP) is 2.48. The van der Waals surface area contributed by atoms with Crippen LogP contribution in [0.5, 0.6) is 0 Å². The summed E-state index contributed by atoms with van der Waals surface area (Å²) >= 11 is 3.38. The molecule has 82 valence electrons. The van der Waals surface area contributed by atoms with E-state index in [0.29, 0.717) is 6.42 Å². The molecule has 0 fully saturated rings. The maximum Gasteiger partial charge on any atom is 0.336 e. The van der Waals surface area contributed by atoms with Crippen molar-refractivity contribution < 1.29 is 14.6 Å². The Kier molecular flexibility index (Phi) is 3.88. The van der Waals surface area contributed by atoms with Crippen LogP contribution in [0.4, 0.5) is 0 Å². The number of rotatable bonds is 4. The molecule has 0 aliphatic rings. The molecular weight excluding hydrogens is 260 g/mol. The first kappa shape index (κ1) is 12.2. The lowest BCUT2D eigenvalue weighted by molar-refractivity contribution is -0.159. The zero-order valence-corrected chi connectivity index (χ0v) is 10.2. The second kappa shape index (κ2) is 4.77. The van der Waals surface area contributed by atoms with E-state index in [1.165, 1.54) is 7.11 Å². The van der Waals surface area contributed by atoms with Crippen molar-refractivity contribution in [3.8, 4) is 0 Å². The Balaban J connectivity index is 2.94. The fourth-order valence-electron chi connectivity index (χ4n) is 1.24. The van der Waals surface area contributed by atoms with Gasteiger partial charge in [0.15, 0.2) is 5.60 Å². The molecule has 1 aromatic carbocycles. The van der Waals surface area contributed by atoms with Crippen LogP contribution in [-0.4, -0.2) is 23.8 Å². The Morgan fingerprint density at radius 3 is 2.60 bits per heavy atom. The molecule has 1 rings (SSSR count). The van der Waals surface area contributed by atoms with Crippen LogP contribution in [0.25, 0.3) is 0 Å². The highest BCUT2D eigenvalue weighted by Gasteiger charge is 2.33. The minimum atomic E-state index is -1.18. The van der Waals surface area contributed by atoms with Crippen molar-refractivity contribution >= 4 is 21.9 Å². The monoisotopic (exact) mass is 272 g/mol. The first-order chi connectivity index (χ1) is 6.99. The lowest BCUT2D eigenvalue weighted by Gasteiger charge is -2.23. The molecule has 0 saturated carbocycles. The molecule has 0 bridgehead atoms. The second-order valence-electron chi connectivity index (χ2n) is 3.51. The van der Waals surface area contributed by atoms with Crippen LogP contribution >= 0.6 is 15.9 Å². The highest BCUT2D eigenvalue weighted by molar-refractivity contribution is 9.10. The third-order valence-electron chi connectivity index (χ3n) is 2.39. The second-order valence-corrected chi connectivity index (χ2v) is 4.36. The van der Waals surface area contributed by atoms with Gasteiger partial charge in [-0.15, -0.1) is 0 Å². The summed E-state index contributed by atoms with van der Waals surface area (Å²) < 4.78 is 5.94. The Labute approximate surface area is 97.2 Å². The first-order valence-corrected chi connectivity index (χ1v) is 5.31. The van der Waals surface area contributed by atoms with Gasteiger partial charge in [0.1, 0.15) is 0 Å². The van der Waals surface area contributed by atoms with Crippen molar-refractivity contribution in [2.75, 3.05) is 7.11 Å². The molecule has 0 saturated heterocycles. The Bertz CT molecular complexity index is 365. The SMILES string of the molecule is COC(C)(Cc1ccccc1Br)C(=O)O. The van der Waals surface area contributed by atoms with Gasteiger partial charge >= 0.3 is 5.97 Å². The van der Waals surface area contributed by atoms with E-state index in [4.69, 9.17) is 9.84 Å². The Hall–Kier alpha value is -0.870. The van der Waals surface area contributed by atoms with Crippen molar-refractivity contribution in [1.82, 2.24) is 0 Å². The topological polar surface area (TPSA) is 46.5 Å². The Morgan fingerprint density at radius 1 is 1.53 bits per heavy atom. The molecule has 0 radical (unpaired) electrons. The number of ether oxygens (including phenoxy) is 1. The number of halogens is 1. The molecule has 3 nitrogen and oxygen atoms in total. The summed E-state index contributed by atoms with van der Waals surface area (Å²) in [6, 6.07) is 7.52. The summed E-state index contributed by atoms with van der Waals surface area (Å²) in [4.78, 5) is 11.0. The van der Waals surface area contributed by atoms with Crippen LogP contribution in [0.3, 0.4) is 0 Å². The van der Waals surface area contributed by atoms with Crippen molar-refractivity contribution in [2.45, 2.75) is 18.9 Å². The van der Waals surface area contributed by atoms with Crippen molar-refractivity contribution in [3.63, 3.8) is 0 Å². The molecule has 0 spiro atoms. The minimum absolute atomic E-state index is 0.334. The van der Waals surface area contributed by atoms with E-state index in [9.17, 15) is 4.79 Å². The standard InChI is InChI=1S/C11H13BrO3/c1-11(15-2,10(13)14)7-8-5-3-4-6-9(8)12/h3-6H,7H2,1-2H3,(H,13,14). The zero-order chi connectivity index (χ0) is 11.5. The normalized spacial score (nSPS) is 14.6. The number of hydrogen-bond acceptors (Lipinski definition) is 2. The fraction of sp³-hybridized carbons (Fsp3) is 0.364. The largest absolute Gasteiger partial charge is 0.479 e. The van der Waals surface area contributed by atoms with Crippen LogP contribution < -0.4 is 0 Å². The van der Waals surface area contributed by atoms with Crippen LogP contribution in [-0.2, 0) is 16.0 Å². The number of carboxylic acid groups (broad SMARTS) is 1. The molecule has 0 aromatic heterocycles. The molecule has 0 aliphatic heterocycles. The lowest BCUT2D eigenvalue weighted by Crippen LogP contribution is -2.39. The number of methoxy groups -OCH3 is 1. The number of benzene rings is 1. The van der Waals surface area contributed by atoms with Gasteiger partial charge < -0.3 is 9.84 Å². The van der Waals surface area contributed by atoms with E-state index in [-0.39, 0.29) is 0 Å². The van der Waals surface area contributed by atoms with Crippen molar-refractivity contribution in [2.24, 2.45) is 0 Å². The summed E-state index contributed by atoms with van der Waals surface area (Å²) in [6.45, 7) is 1.56. The quantitative estimate of drug-likeness (QED) is 0.916. The number of carbonyl (C=O) groups is 1. The van der Waals surface area contributed by atoms with Gasteiger partial charge in [-0.05, 0) is 18.6 Å². The minimum Gasteiger partial charge on any atom is -0.479 e. The van der Waals surface area contributed by atoms with Gasteiger partial charge in [-0.25, -0.2) is 4.79 Å². The molecule has 1 atom stereocenters. The fourth-order valence-corrected chi connectivity index (χ4v) is 1.67. The number of aliphatic carboxylic acids is 1. The first-order valence-electron chi connectivity index (χ1n) is 4.51. The van der Waals surface area contributed by atoms with E-state index < -0.39 is 11.6 Å². The smallest absolute Gasteiger partial charge is 0.336 e. The van der Waals surface area contributed by atoms with Crippen LogP contribution in [0.2, 0.25) is 0 Å². The molecule has 0 aliphatic carbocycles.